The molecule has 0 unspecified atom stereocenters. The van der Waals surface area contributed by atoms with E-state index in [-0.39, 0.29) is 22.4 Å². The maximum Gasteiger partial charge on any atom is 0.294 e. The maximum absolute atomic E-state index is 11.7. The average Bonchev–Trinajstić information content (AvgIpc) is 2.18. The fourth-order valence-corrected chi connectivity index (χ4v) is 1.14. The quantitative estimate of drug-likeness (QED) is 0.704. The molecule has 0 aliphatic heterocycles. The number of hydrogen-bond acceptors (Lipinski definition) is 3. The van der Waals surface area contributed by atoms with E-state index in [9.17, 15) is 13.6 Å². The molecule has 0 saturated carbocycles. The van der Waals surface area contributed by atoms with Crippen LogP contribution >= 0.6 is 11.8 Å². The van der Waals surface area contributed by atoms with E-state index in [2.05, 4.69) is 4.52 Å². The third-order valence-electron chi connectivity index (χ3n) is 1.03. The fourth-order valence-electron chi connectivity index (χ4n) is 0.601. The zero-order valence-corrected chi connectivity index (χ0v) is 6.37. The SMILES string of the molecule is Cc1o[nH]c(=O)c1SC(F)F. The van der Waals surface area contributed by atoms with Gasteiger partial charge >= 0.3 is 0 Å². The Kier molecular flexibility index (Phi) is 2.33. The Morgan fingerprint density at radius 2 is 2.27 bits per heavy atom. The average molecular weight is 181 g/mol. The van der Waals surface area contributed by atoms with Crippen LogP contribution < -0.4 is 5.56 Å². The third-order valence-corrected chi connectivity index (χ3v) is 1.92. The van der Waals surface area contributed by atoms with Crippen LogP contribution in [0, 0.1) is 6.92 Å². The molecule has 0 spiro atoms. The molecule has 0 amide bonds. The van der Waals surface area contributed by atoms with E-state index in [0.717, 1.165) is 0 Å². The number of aromatic nitrogens is 1. The normalized spacial score (nSPS) is 10.9. The molecule has 0 aliphatic carbocycles. The van der Waals surface area contributed by atoms with Gasteiger partial charge in [0.2, 0.25) is 0 Å². The Hall–Kier alpha value is -0.780. The Labute approximate surface area is 64.7 Å². The summed E-state index contributed by atoms with van der Waals surface area (Å²) in [5, 5.41) is 1.96. The van der Waals surface area contributed by atoms with Crippen LogP contribution in [0.3, 0.4) is 0 Å². The van der Waals surface area contributed by atoms with Crippen LogP contribution in [0.25, 0.3) is 0 Å². The predicted molar refractivity (Wildman–Crippen MR) is 35.9 cm³/mol. The number of thioether (sulfide) groups is 1. The topological polar surface area (TPSA) is 46.0 Å². The second-order valence-corrected chi connectivity index (χ2v) is 2.80. The number of nitrogens with one attached hydrogen (secondary N) is 1. The second kappa shape index (κ2) is 3.08. The summed E-state index contributed by atoms with van der Waals surface area (Å²) >= 11 is 0.187. The number of hydrogen-bond donors (Lipinski definition) is 1. The predicted octanol–water partition coefficient (Wildman–Crippen LogP) is 1.59. The van der Waals surface area contributed by atoms with E-state index < -0.39 is 11.3 Å². The van der Waals surface area contributed by atoms with Crippen LogP contribution in [0.15, 0.2) is 14.2 Å². The monoisotopic (exact) mass is 181 g/mol. The van der Waals surface area contributed by atoms with E-state index in [1.807, 2.05) is 5.16 Å². The van der Waals surface area contributed by atoms with E-state index in [0.29, 0.717) is 0 Å². The lowest BCUT2D eigenvalue weighted by Gasteiger charge is -1.92. The van der Waals surface area contributed by atoms with Crippen molar-refractivity contribution in [3.63, 3.8) is 0 Å². The van der Waals surface area contributed by atoms with Gasteiger partial charge in [0.25, 0.3) is 11.3 Å². The summed E-state index contributed by atoms with van der Waals surface area (Å²) in [6.07, 6.45) is 0. The molecular weight excluding hydrogens is 176 g/mol. The summed E-state index contributed by atoms with van der Waals surface area (Å²) in [6.45, 7) is 1.45. The highest BCUT2D eigenvalue weighted by Gasteiger charge is 2.14. The number of aromatic amines is 1. The van der Waals surface area contributed by atoms with Crippen LogP contribution in [-0.4, -0.2) is 10.9 Å². The Morgan fingerprint density at radius 1 is 1.64 bits per heavy atom. The van der Waals surface area contributed by atoms with Gasteiger partial charge in [0.1, 0.15) is 10.7 Å². The van der Waals surface area contributed by atoms with Crippen LogP contribution in [0.2, 0.25) is 0 Å². The Balaban J connectivity index is 2.92. The largest absolute Gasteiger partial charge is 0.383 e. The van der Waals surface area contributed by atoms with Crippen molar-refractivity contribution in [1.82, 2.24) is 5.16 Å². The van der Waals surface area contributed by atoms with Gasteiger partial charge in [-0.15, -0.1) is 0 Å². The molecule has 0 saturated heterocycles. The zero-order chi connectivity index (χ0) is 8.43. The lowest BCUT2D eigenvalue weighted by atomic mass is 10.5. The molecule has 1 aromatic heterocycles. The summed E-state index contributed by atoms with van der Waals surface area (Å²) in [7, 11) is 0. The standard InChI is InChI=1S/C5H5F2NO2S/c1-2-3(11-5(6)7)4(9)8-10-2/h5H,1H3,(H,8,9). The van der Waals surface area contributed by atoms with Gasteiger partial charge in [0.05, 0.1) is 0 Å². The zero-order valence-electron chi connectivity index (χ0n) is 5.56. The Bertz CT molecular complexity index is 293. The molecule has 62 valence electrons. The summed E-state index contributed by atoms with van der Waals surface area (Å²) in [4.78, 5) is 10.6. The van der Waals surface area contributed by atoms with Gasteiger partial charge < -0.3 is 4.52 Å². The number of aryl methyl sites for hydroxylation is 1. The highest BCUT2D eigenvalue weighted by Crippen LogP contribution is 2.24. The van der Waals surface area contributed by atoms with E-state index in [1.54, 1.807) is 0 Å². The molecule has 6 heteroatoms. The van der Waals surface area contributed by atoms with Gasteiger partial charge in [-0.25, -0.2) is 0 Å². The second-order valence-electron chi connectivity index (χ2n) is 1.80. The Morgan fingerprint density at radius 3 is 2.64 bits per heavy atom. The molecule has 1 heterocycles. The minimum absolute atomic E-state index is 0.0556. The van der Waals surface area contributed by atoms with Crippen molar-refractivity contribution in [2.75, 3.05) is 0 Å². The van der Waals surface area contributed by atoms with Crippen molar-refractivity contribution in [2.45, 2.75) is 17.6 Å². The van der Waals surface area contributed by atoms with Gasteiger partial charge in [-0.2, -0.15) is 13.9 Å². The van der Waals surface area contributed by atoms with E-state index in [1.165, 1.54) is 6.92 Å². The van der Waals surface area contributed by atoms with Crippen LogP contribution in [0.4, 0.5) is 8.78 Å². The first-order valence-electron chi connectivity index (χ1n) is 2.74. The van der Waals surface area contributed by atoms with Crippen molar-refractivity contribution < 1.29 is 13.3 Å². The molecule has 1 rings (SSSR count). The highest BCUT2D eigenvalue weighted by molar-refractivity contribution is 7.99. The van der Waals surface area contributed by atoms with Gasteiger partial charge in [0, 0.05) is 0 Å². The minimum atomic E-state index is -2.59. The molecule has 0 radical (unpaired) electrons. The fraction of sp³-hybridized carbons (Fsp3) is 0.400. The number of alkyl halides is 2. The third kappa shape index (κ3) is 1.83. The maximum atomic E-state index is 11.7. The highest BCUT2D eigenvalue weighted by atomic mass is 32.2. The summed E-state index contributed by atoms with van der Waals surface area (Å²) in [5.74, 6) is -2.40. The molecular formula is C5H5F2NO2S. The van der Waals surface area contributed by atoms with Crippen molar-refractivity contribution in [3.8, 4) is 0 Å². The van der Waals surface area contributed by atoms with Crippen molar-refractivity contribution in [2.24, 2.45) is 0 Å². The first-order chi connectivity index (χ1) is 5.11. The smallest absolute Gasteiger partial charge is 0.294 e. The van der Waals surface area contributed by atoms with Crippen LogP contribution in [0.5, 0.6) is 0 Å². The molecule has 0 aliphatic rings. The van der Waals surface area contributed by atoms with E-state index >= 15 is 0 Å². The number of rotatable bonds is 2. The van der Waals surface area contributed by atoms with Gasteiger partial charge in [0.15, 0.2) is 0 Å². The number of halogens is 2. The summed E-state index contributed by atoms with van der Waals surface area (Å²) in [5.41, 5.74) is -0.604. The van der Waals surface area contributed by atoms with Crippen molar-refractivity contribution >= 4 is 11.8 Å². The van der Waals surface area contributed by atoms with Crippen molar-refractivity contribution in [3.05, 3.63) is 16.1 Å². The van der Waals surface area contributed by atoms with Gasteiger partial charge in [-0.1, -0.05) is 0 Å². The lowest BCUT2D eigenvalue weighted by molar-refractivity contribution is 0.252. The first-order valence-corrected chi connectivity index (χ1v) is 3.62. The number of H-pyrrole nitrogens is 1. The van der Waals surface area contributed by atoms with E-state index in [4.69, 9.17) is 0 Å². The van der Waals surface area contributed by atoms with Gasteiger partial charge in [-0.3, -0.25) is 4.79 Å². The van der Waals surface area contributed by atoms with Crippen LogP contribution in [0.1, 0.15) is 5.76 Å². The first kappa shape index (κ1) is 8.32. The molecule has 1 N–H and O–H groups in total. The molecule has 1 aromatic rings. The minimum Gasteiger partial charge on any atom is -0.383 e. The molecule has 0 bridgehead atoms. The van der Waals surface area contributed by atoms with Crippen LogP contribution in [-0.2, 0) is 0 Å². The van der Waals surface area contributed by atoms with Crippen molar-refractivity contribution in [1.29, 1.82) is 0 Å². The lowest BCUT2D eigenvalue weighted by Crippen LogP contribution is -2.01. The molecule has 0 aromatic carbocycles. The van der Waals surface area contributed by atoms with Gasteiger partial charge in [-0.05, 0) is 18.7 Å². The molecule has 0 atom stereocenters. The molecule has 11 heavy (non-hydrogen) atoms. The molecule has 0 fully saturated rings. The summed E-state index contributed by atoms with van der Waals surface area (Å²) < 4.78 is 28.0. The molecule has 3 nitrogen and oxygen atoms in total. The summed E-state index contributed by atoms with van der Waals surface area (Å²) in [6, 6.07) is 0.